The SMILES string of the molecule is CCN(CC(C)C)C1(CN)CCN(Cc2ccccc2)C1. The Morgan fingerprint density at radius 3 is 2.57 bits per heavy atom. The van der Waals surface area contributed by atoms with Gasteiger partial charge in [-0.25, -0.2) is 0 Å². The standard InChI is InChI=1S/C18H31N3/c1-4-21(12-16(2)3)18(14-19)10-11-20(15-18)13-17-8-6-5-7-9-17/h5-9,16H,4,10-15,19H2,1-3H3. The van der Waals surface area contributed by atoms with Crippen LogP contribution in [0.15, 0.2) is 30.3 Å². The summed E-state index contributed by atoms with van der Waals surface area (Å²) < 4.78 is 0. The molecule has 3 nitrogen and oxygen atoms in total. The molecule has 1 saturated heterocycles. The van der Waals surface area contributed by atoms with Gasteiger partial charge in [0.2, 0.25) is 0 Å². The van der Waals surface area contributed by atoms with Crippen molar-refractivity contribution in [1.82, 2.24) is 9.80 Å². The highest BCUT2D eigenvalue weighted by Crippen LogP contribution is 2.29. The first-order valence-electron chi connectivity index (χ1n) is 8.31. The normalized spacial score (nSPS) is 23.3. The summed E-state index contributed by atoms with van der Waals surface area (Å²) in [6, 6.07) is 10.8. The number of likely N-dealkylation sites (tertiary alicyclic amines) is 1. The van der Waals surface area contributed by atoms with Crippen molar-refractivity contribution in [3.63, 3.8) is 0 Å². The molecule has 3 heteroatoms. The molecule has 0 radical (unpaired) electrons. The van der Waals surface area contributed by atoms with Crippen molar-refractivity contribution in [2.45, 2.75) is 39.3 Å². The van der Waals surface area contributed by atoms with Gasteiger partial charge in [-0.1, -0.05) is 51.1 Å². The number of rotatable bonds is 7. The maximum Gasteiger partial charge on any atom is 0.0470 e. The second-order valence-corrected chi connectivity index (χ2v) is 6.81. The molecule has 21 heavy (non-hydrogen) atoms. The third-order valence-corrected chi connectivity index (χ3v) is 4.68. The molecule has 1 unspecified atom stereocenters. The zero-order valence-electron chi connectivity index (χ0n) is 13.9. The Bertz CT molecular complexity index is 418. The van der Waals surface area contributed by atoms with Gasteiger partial charge in [-0.3, -0.25) is 9.80 Å². The largest absolute Gasteiger partial charge is 0.329 e. The van der Waals surface area contributed by atoms with Crippen LogP contribution in [-0.2, 0) is 6.54 Å². The van der Waals surface area contributed by atoms with Crippen molar-refractivity contribution < 1.29 is 0 Å². The Morgan fingerprint density at radius 2 is 2.00 bits per heavy atom. The molecule has 1 aromatic carbocycles. The average molecular weight is 289 g/mol. The first kappa shape index (κ1) is 16.5. The number of likely N-dealkylation sites (N-methyl/N-ethyl adjacent to an activating group) is 1. The van der Waals surface area contributed by atoms with Crippen LogP contribution in [0.2, 0.25) is 0 Å². The van der Waals surface area contributed by atoms with Gasteiger partial charge in [0.05, 0.1) is 0 Å². The van der Waals surface area contributed by atoms with Gasteiger partial charge < -0.3 is 5.73 Å². The van der Waals surface area contributed by atoms with Crippen molar-refractivity contribution in [3.05, 3.63) is 35.9 Å². The highest BCUT2D eigenvalue weighted by molar-refractivity contribution is 5.15. The molecule has 1 atom stereocenters. The minimum atomic E-state index is 0.174. The summed E-state index contributed by atoms with van der Waals surface area (Å²) in [4.78, 5) is 5.17. The molecule has 1 aliphatic rings. The van der Waals surface area contributed by atoms with E-state index >= 15 is 0 Å². The van der Waals surface area contributed by atoms with Crippen LogP contribution in [0.25, 0.3) is 0 Å². The van der Waals surface area contributed by atoms with Gasteiger partial charge in [-0.2, -0.15) is 0 Å². The van der Waals surface area contributed by atoms with E-state index in [-0.39, 0.29) is 5.54 Å². The fourth-order valence-electron chi connectivity index (χ4n) is 3.57. The second kappa shape index (κ2) is 7.39. The lowest BCUT2D eigenvalue weighted by atomic mass is 9.94. The zero-order valence-corrected chi connectivity index (χ0v) is 13.9. The number of nitrogens with two attached hydrogens (primary N) is 1. The summed E-state index contributed by atoms with van der Waals surface area (Å²) in [5, 5.41) is 0. The van der Waals surface area contributed by atoms with E-state index in [0.29, 0.717) is 5.92 Å². The van der Waals surface area contributed by atoms with Crippen molar-refractivity contribution in [2.75, 3.05) is 32.7 Å². The van der Waals surface area contributed by atoms with E-state index in [1.165, 1.54) is 12.0 Å². The minimum absolute atomic E-state index is 0.174. The second-order valence-electron chi connectivity index (χ2n) is 6.81. The molecule has 118 valence electrons. The van der Waals surface area contributed by atoms with E-state index in [0.717, 1.165) is 39.3 Å². The molecule has 1 aromatic rings. The molecule has 1 fully saturated rings. The summed E-state index contributed by atoms with van der Waals surface area (Å²) in [6.45, 7) is 13.1. The fourth-order valence-corrected chi connectivity index (χ4v) is 3.57. The molecule has 2 N–H and O–H groups in total. The van der Waals surface area contributed by atoms with Crippen LogP contribution in [0.4, 0.5) is 0 Å². The maximum absolute atomic E-state index is 6.21. The number of hydrogen-bond acceptors (Lipinski definition) is 3. The van der Waals surface area contributed by atoms with Crippen LogP contribution in [0.1, 0.15) is 32.8 Å². The highest BCUT2D eigenvalue weighted by Gasteiger charge is 2.41. The third-order valence-electron chi connectivity index (χ3n) is 4.68. The molecule has 1 heterocycles. The third kappa shape index (κ3) is 4.06. The van der Waals surface area contributed by atoms with E-state index in [1.54, 1.807) is 0 Å². The summed E-state index contributed by atoms with van der Waals surface area (Å²) in [5.74, 6) is 0.691. The number of benzene rings is 1. The summed E-state index contributed by atoms with van der Waals surface area (Å²) in [7, 11) is 0. The maximum atomic E-state index is 6.21. The molecule has 0 aromatic heterocycles. The summed E-state index contributed by atoms with van der Waals surface area (Å²) in [5.41, 5.74) is 7.78. The lowest BCUT2D eigenvalue weighted by molar-refractivity contribution is 0.0904. The first-order chi connectivity index (χ1) is 10.1. The number of nitrogens with zero attached hydrogens (tertiary/aromatic N) is 2. The average Bonchev–Trinajstić information content (AvgIpc) is 2.90. The van der Waals surface area contributed by atoms with Crippen molar-refractivity contribution in [3.8, 4) is 0 Å². The molecule has 2 rings (SSSR count). The Labute approximate surface area is 130 Å². The van der Waals surface area contributed by atoms with Crippen LogP contribution >= 0.6 is 0 Å². The van der Waals surface area contributed by atoms with Crippen LogP contribution < -0.4 is 5.73 Å². The van der Waals surface area contributed by atoms with Gasteiger partial charge >= 0.3 is 0 Å². The van der Waals surface area contributed by atoms with Gasteiger partial charge in [-0.05, 0) is 24.4 Å². The van der Waals surface area contributed by atoms with E-state index in [4.69, 9.17) is 5.73 Å². The van der Waals surface area contributed by atoms with E-state index in [9.17, 15) is 0 Å². The van der Waals surface area contributed by atoms with Gasteiger partial charge in [0, 0.05) is 38.3 Å². The molecular formula is C18H31N3. The molecule has 1 aliphatic heterocycles. The smallest absolute Gasteiger partial charge is 0.0470 e. The summed E-state index contributed by atoms with van der Waals surface area (Å²) in [6.07, 6.45) is 1.19. The zero-order chi connectivity index (χ0) is 15.3. The molecule has 0 bridgehead atoms. The van der Waals surface area contributed by atoms with Crippen molar-refractivity contribution in [1.29, 1.82) is 0 Å². The van der Waals surface area contributed by atoms with Crippen molar-refractivity contribution >= 4 is 0 Å². The van der Waals surface area contributed by atoms with Crippen LogP contribution in [-0.4, -0.2) is 48.1 Å². The fraction of sp³-hybridized carbons (Fsp3) is 0.667. The highest BCUT2D eigenvalue weighted by atomic mass is 15.3. The van der Waals surface area contributed by atoms with Gasteiger partial charge in [-0.15, -0.1) is 0 Å². The molecule has 0 amide bonds. The predicted octanol–water partition coefficient (Wildman–Crippen LogP) is 2.57. The van der Waals surface area contributed by atoms with Crippen LogP contribution in [0, 0.1) is 5.92 Å². The van der Waals surface area contributed by atoms with E-state index in [1.807, 2.05) is 0 Å². The van der Waals surface area contributed by atoms with E-state index < -0.39 is 0 Å². The predicted molar refractivity (Wildman–Crippen MR) is 90.2 cm³/mol. The Hall–Kier alpha value is -0.900. The van der Waals surface area contributed by atoms with Crippen LogP contribution in [0.5, 0.6) is 0 Å². The lowest BCUT2D eigenvalue weighted by Crippen LogP contribution is -2.56. The van der Waals surface area contributed by atoms with E-state index in [2.05, 4.69) is 60.9 Å². The number of hydrogen-bond donors (Lipinski definition) is 1. The van der Waals surface area contributed by atoms with Gasteiger partial charge in [0.15, 0.2) is 0 Å². The Morgan fingerprint density at radius 1 is 1.29 bits per heavy atom. The quantitative estimate of drug-likeness (QED) is 0.837. The molecular weight excluding hydrogens is 258 g/mol. The monoisotopic (exact) mass is 289 g/mol. The van der Waals surface area contributed by atoms with Crippen molar-refractivity contribution in [2.24, 2.45) is 11.7 Å². The Balaban J connectivity index is 2.02. The molecule has 0 saturated carbocycles. The van der Waals surface area contributed by atoms with Gasteiger partial charge in [0.1, 0.15) is 0 Å². The lowest BCUT2D eigenvalue weighted by Gasteiger charge is -2.41. The first-order valence-corrected chi connectivity index (χ1v) is 8.31. The summed E-state index contributed by atoms with van der Waals surface area (Å²) >= 11 is 0. The topological polar surface area (TPSA) is 32.5 Å². The molecule has 0 spiro atoms. The van der Waals surface area contributed by atoms with Crippen LogP contribution in [0.3, 0.4) is 0 Å². The Kier molecular flexibility index (Phi) is 5.80. The minimum Gasteiger partial charge on any atom is -0.329 e. The molecule has 0 aliphatic carbocycles. The van der Waals surface area contributed by atoms with Gasteiger partial charge in [0.25, 0.3) is 0 Å².